The molecule has 1 aromatic carbocycles. The average Bonchev–Trinajstić information content (AvgIpc) is 3.31. The standard InChI is InChI=1S/C24H32N2O5/c1-29-17-8-9-19(21(14-17)30-2)23-20-7-3-4-10-24(20,28)11-12-26(23)16-22(27)25-15-18-6-5-13-31-18/h5-6,8-9,13-14,20,23,28H,3-4,7,10-12,15-16H2,1-2H3,(H,25,27)/t20-,23-,24-/m1/s1. The molecule has 1 aliphatic carbocycles. The number of carbonyl (C=O) groups excluding carboxylic acids is 1. The van der Waals surface area contributed by atoms with Crippen LogP contribution in [0.3, 0.4) is 0 Å². The number of piperidine rings is 1. The van der Waals surface area contributed by atoms with Crippen molar-refractivity contribution in [2.24, 2.45) is 5.92 Å². The summed E-state index contributed by atoms with van der Waals surface area (Å²) in [6.07, 6.45) is 6.15. The van der Waals surface area contributed by atoms with Gasteiger partial charge in [0.25, 0.3) is 0 Å². The van der Waals surface area contributed by atoms with Crippen LogP contribution in [-0.2, 0) is 11.3 Å². The van der Waals surface area contributed by atoms with Crippen LogP contribution in [0.5, 0.6) is 11.5 Å². The molecule has 168 valence electrons. The van der Waals surface area contributed by atoms with Gasteiger partial charge in [-0.15, -0.1) is 0 Å². The van der Waals surface area contributed by atoms with Gasteiger partial charge in [-0.1, -0.05) is 18.9 Å². The van der Waals surface area contributed by atoms with E-state index in [1.165, 1.54) is 0 Å². The Balaban J connectivity index is 1.60. The summed E-state index contributed by atoms with van der Waals surface area (Å²) in [7, 11) is 3.28. The number of carbonyl (C=O) groups is 1. The molecule has 0 unspecified atom stereocenters. The Kier molecular flexibility index (Phi) is 6.53. The first-order valence-electron chi connectivity index (χ1n) is 11.0. The first-order chi connectivity index (χ1) is 15.0. The van der Waals surface area contributed by atoms with E-state index < -0.39 is 5.60 Å². The molecule has 1 aromatic heterocycles. The van der Waals surface area contributed by atoms with E-state index in [4.69, 9.17) is 13.9 Å². The van der Waals surface area contributed by atoms with Gasteiger partial charge in [0.05, 0.1) is 39.2 Å². The first-order valence-corrected chi connectivity index (χ1v) is 11.0. The summed E-state index contributed by atoms with van der Waals surface area (Å²) in [6, 6.07) is 9.35. The normalized spacial score (nSPS) is 26.2. The van der Waals surface area contributed by atoms with Crippen LogP contribution in [0.25, 0.3) is 0 Å². The Morgan fingerprint density at radius 3 is 2.87 bits per heavy atom. The molecule has 2 heterocycles. The van der Waals surface area contributed by atoms with Crippen molar-refractivity contribution in [2.75, 3.05) is 27.3 Å². The molecule has 4 rings (SSSR count). The second kappa shape index (κ2) is 9.32. The fourth-order valence-corrected chi connectivity index (χ4v) is 5.24. The zero-order valence-corrected chi connectivity index (χ0v) is 18.3. The molecule has 7 nitrogen and oxygen atoms in total. The monoisotopic (exact) mass is 428 g/mol. The van der Waals surface area contributed by atoms with Crippen LogP contribution in [0.4, 0.5) is 0 Å². The van der Waals surface area contributed by atoms with Gasteiger partial charge >= 0.3 is 0 Å². The maximum absolute atomic E-state index is 12.8. The van der Waals surface area contributed by atoms with Gasteiger partial charge in [-0.05, 0) is 37.5 Å². The van der Waals surface area contributed by atoms with Gasteiger partial charge in [0.2, 0.25) is 5.91 Å². The summed E-state index contributed by atoms with van der Waals surface area (Å²) in [4.78, 5) is 15.0. The molecule has 2 fully saturated rings. The van der Waals surface area contributed by atoms with Crippen molar-refractivity contribution in [2.45, 2.75) is 50.3 Å². The van der Waals surface area contributed by atoms with E-state index in [9.17, 15) is 9.90 Å². The van der Waals surface area contributed by atoms with Gasteiger partial charge in [-0.3, -0.25) is 9.69 Å². The van der Waals surface area contributed by atoms with Gasteiger partial charge in [0.15, 0.2) is 0 Å². The third kappa shape index (κ3) is 4.57. The second-order valence-corrected chi connectivity index (χ2v) is 8.59. The number of hydrogen-bond acceptors (Lipinski definition) is 6. The molecule has 1 saturated carbocycles. The number of aliphatic hydroxyl groups is 1. The molecule has 2 aromatic rings. The van der Waals surface area contributed by atoms with Gasteiger partial charge in [-0.2, -0.15) is 0 Å². The van der Waals surface area contributed by atoms with Crippen LogP contribution in [0.2, 0.25) is 0 Å². The molecular formula is C24H32N2O5. The summed E-state index contributed by atoms with van der Waals surface area (Å²) in [5.74, 6) is 2.16. The fraction of sp³-hybridized carbons (Fsp3) is 0.542. The lowest BCUT2D eigenvalue weighted by Crippen LogP contribution is -2.56. The lowest BCUT2D eigenvalue weighted by molar-refractivity contribution is -0.138. The largest absolute Gasteiger partial charge is 0.497 e. The number of nitrogens with zero attached hydrogens (tertiary/aromatic N) is 1. The minimum Gasteiger partial charge on any atom is -0.497 e. The first kappa shape index (κ1) is 21.7. The van der Waals surface area contributed by atoms with E-state index in [1.807, 2.05) is 30.3 Å². The topological polar surface area (TPSA) is 84.2 Å². The fourth-order valence-electron chi connectivity index (χ4n) is 5.24. The highest BCUT2D eigenvalue weighted by Crippen LogP contribution is 2.51. The molecule has 7 heteroatoms. The van der Waals surface area contributed by atoms with Crippen molar-refractivity contribution in [1.82, 2.24) is 10.2 Å². The Bertz CT molecular complexity index is 884. The number of ether oxygens (including phenoxy) is 2. The molecule has 1 saturated heterocycles. The van der Waals surface area contributed by atoms with Gasteiger partial charge < -0.3 is 24.3 Å². The smallest absolute Gasteiger partial charge is 0.234 e. The number of hydrogen-bond donors (Lipinski definition) is 2. The number of methoxy groups -OCH3 is 2. The third-order valence-corrected chi connectivity index (χ3v) is 6.82. The van der Waals surface area contributed by atoms with E-state index in [-0.39, 0.29) is 24.4 Å². The lowest BCUT2D eigenvalue weighted by atomic mass is 9.66. The maximum atomic E-state index is 12.8. The molecule has 2 N–H and O–H groups in total. The zero-order valence-electron chi connectivity index (χ0n) is 18.3. The minimum atomic E-state index is -0.699. The third-order valence-electron chi connectivity index (χ3n) is 6.82. The minimum absolute atomic E-state index is 0.0511. The molecule has 2 aliphatic rings. The summed E-state index contributed by atoms with van der Waals surface area (Å²) < 4.78 is 16.4. The number of benzene rings is 1. The Morgan fingerprint density at radius 1 is 1.26 bits per heavy atom. The summed E-state index contributed by atoms with van der Waals surface area (Å²) in [5, 5.41) is 14.4. The van der Waals surface area contributed by atoms with Gasteiger partial charge in [0.1, 0.15) is 17.3 Å². The highest BCUT2D eigenvalue weighted by Gasteiger charge is 2.49. The highest BCUT2D eigenvalue weighted by molar-refractivity contribution is 5.78. The molecule has 0 bridgehead atoms. The van der Waals surface area contributed by atoms with E-state index >= 15 is 0 Å². The molecule has 31 heavy (non-hydrogen) atoms. The zero-order chi connectivity index (χ0) is 21.8. The van der Waals surface area contributed by atoms with Crippen molar-refractivity contribution in [3.05, 3.63) is 47.9 Å². The summed E-state index contributed by atoms with van der Waals surface area (Å²) in [6.45, 7) is 1.28. The van der Waals surface area contributed by atoms with E-state index in [0.717, 1.165) is 48.5 Å². The maximum Gasteiger partial charge on any atom is 0.234 e. The van der Waals surface area contributed by atoms with Crippen LogP contribution in [0.15, 0.2) is 41.0 Å². The van der Waals surface area contributed by atoms with Gasteiger partial charge in [-0.25, -0.2) is 0 Å². The van der Waals surface area contributed by atoms with Crippen molar-refractivity contribution in [1.29, 1.82) is 0 Å². The van der Waals surface area contributed by atoms with E-state index in [1.54, 1.807) is 20.5 Å². The van der Waals surface area contributed by atoms with Gasteiger partial charge in [0, 0.05) is 30.1 Å². The van der Waals surface area contributed by atoms with Crippen LogP contribution in [-0.4, -0.2) is 48.8 Å². The molecule has 1 aliphatic heterocycles. The predicted octanol–water partition coefficient (Wildman–Crippen LogP) is 3.28. The van der Waals surface area contributed by atoms with E-state index in [0.29, 0.717) is 19.5 Å². The molecule has 3 atom stereocenters. The van der Waals surface area contributed by atoms with Crippen LogP contribution in [0.1, 0.15) is 49.5 Å². The van der Waals surface area contributed by atoms with Crippen molar-refractivity contribution in [3.8, 4) is 11.5 Å². The Morgan fingerprint density at radius 2 is 2.13 bits per heavy atom. The van der Waals surface area contributed by atoms with Crippen molar-refractivity contribution in [3.63, 3.8) is 0 Å². The van der Waals surface area contributed by atoms with E-state index in [2.05, 4.69) is 10.2 Å². The molecule has 0 spiro atoms. The number of nitrogens with one attached hydrogen (secondary N) is 1. The average molecular weight is 429 g/mol. The Hall–Kier alpha value is -2.51. The van der Waals surface area contributed by atoms with Crippen LogP contribution >= 0.6 is 0 Å². The van der Waals surface area contributed by atoms with Crippen LogP contribution < -0.4 is 14.8 Å². The second-order valence-electron chi connectivity index (χ2n) is 8.59. The van der Waals surface area contributed by atoms with Crippen molar-refractivity contribution < 1.29 is 23.8 Å². The molecule has 1 amide bonds. The number of rotatable bonds is 7. The van der Waals surface area contributed by atoms with Crippen molar-refractivity contribution >= 4 is 5.91 Å². The molecule has 0 radical (unpaired) electrons. The summed E-state index contributed by atoms with van der Waals surface area (Å²) in [5.41, 5.74) is 0.293. The lowest BCUT2D eigenvalue weighted by Gasteiger charge is -2.52. The predicted molar refractivity (Wildman–Crippen MR) is 116 cm³/mol. The number of likely N-dealkylation sites (tertiary alicyclic amines) is 1. The summed E-state index contributed by atoms with van der Waals surface area (Å²) >= 11 is 0. The highest BCUT2D eigenvalue weighted by atomic mass is 16.5. The number of fused-ring (bicyclic) bond motifs is 1. The number of amides is 1. The Labute approximate surface area is 183 Å². The molecular weight excluding hydrogens is 396 g/mol. The number of furan rings is 1. The van der Waals surface area contributed by atoms with Crippen LogP contribution in [0, 0.1) is 5.92 Å². The SMILES string of the molecule is COc1ccc([C@@H]2[C@H]3CCCC[C@@]3(O)CCN2CC(=O)NCc2ccco2)c(OC)c1. The quantitative estimate of drug-likeness (QED) is 0.704.